The first-order valence-electron chi connectivity index (χ1n) is 6.76. The van der Waals surface area contributed by atoms with Gasteiger partial charge in [0, 0.05) is 5.56 Å². The van der Waals surface area contributed by atoms with E-state index in [0.717, 1.165) is 5.56 Å². The average Bonchev–Trinajstić information content (AvgIpc) is 3.05. The zero-order valence-corrected chi connectivity index (χ0v) is 12.8. The molecule has 0 saturated carbocycles. The lowest BCUT2D eigenvalue weighted by atomic mass is 10.1. The summed E-state index contributed by atoms with van der Waals surface area (Å²) in [5.41, 5.74) is 0.720. The van der Waals surface area contributed by atoms with Gasteiger partial charge in [0.15, 0.2) is 11.5 Å². The number of carbonyl (C=O) groups excluding carboxylic acids is 1. The highest BCUT2D eigenvalue weighted by molar-refractivity contribution is 5.80. The minimum absolute atomic E-state index is 0.137. The van der Waals surface area contributed by atoms with Crippen molar-refractivity contribution < 1.29 is 23.4 Å². The van der Waals surface area contributed by atoms with Crippen LogP contribution in [0.5, 0.6) is 17.2 Å². The Kier molecular flexibility index (Phi) is 5.30. The minimum atomic E-state index is -0.137. The van der Waals surface area contributed by atoms with Crippen molar-refractivity contribution in [3.05, 3.63) is 41.9 Å². The molecule has 22 heavy (non-hydrogen) atoms. The molecule has 1 aromatic carbocycles. The van der Waals surface area contributed by atoms with E-state index < -0.39 is 0 Å². The quantitative estimate of drug-likeness (QED) is 0.849. The lowest BCUT2D eigenvalue weighted by Gasteiger charge is -2.15. The van der Waals surface area contributed by atoms with E-state index in [1.807, 2.05) is 0 Å². The van der Waals surface area contributed by atoms with Gasteiger partial charge in [0.05, 0.1) is 40.6 Å². The Morgan fingerprint density at radius 2 is 1.86 bits per heavy atom. The topological polar surface area (TPSA) is 69.9 Å². The summed E-state index contributed by atoms with van der Waals surface area (Å²) in [6.45, 7) is 0.349. The van der Waals surface area contributed by atoms with Gasteiger partial charge >= 0.3 is 0 Å². The Labute approximate surface area is 129 Å². The van der Waals surface area contributed by atoms with Gasteiger partial charge in [0.2, 0.25) is 11.7 Å². The number of hydrogen-bond acceptors (Lipinski definition) is 5. The zero-order chi connectivity index (χ0) is 15.9. The van der Waals surface area contributed by atoms with E-state index in [2.05, 4.69) is 5.32 Å². The third-order valence-corrected chi connectivity index (χ3v) is 3.18. The van der Waals surface area contributed by atoms with Crippen LogP contribution in [0.15, 0.2) is 34.9 Å². The first kappa shape index (κ1) is 15.8. The number of amides is 1. The highest BCUT2D eigenvalue weighted by atomic mass is 16.5. The maximum absolute atomic E-state index is 12.0. The van der Waals surface area contributed by atoms with Crippen LogP contribution >= 0.6 is 0 Å². The van der Waals surface area contributed by atoms with Gasteiger partial charge in [-0.05, 0) is 18.2 Å². The van der Waals surface area contributed by atoms with Crippen LogP contribution in [0.2, 0.25) is 0 Å². The zero-order valence-electron chi connectivity index (χ0n) is 12.8. The van der Waals surface area contributed by atoms with Crippen LogP contribution < -0.4 is 19.5 Å². The molecule has 0 spiro atoms. The Morgan fingerprint density at radius 1 is 1.09 bits per heavy atom. The number of nitrogens with one attached hydrogen (secondary N) is 1. The van der Waals surface area contributed by atoms with Crippen LogP contribution in [0.3, 0.4) is 0 Å². The van der Waals surface area contributed by atoms with Gasteiger partial charge in [0.25, 0.3) is 0 Å². The van der Waals surface area contributed by atoms with E-state index in [1.54, 1.807) is 37.6 Å². The van der Waals surface area contributed by atoms with Gasteiger partial charge in [-0.15, -0.1) is 0 Å². The fourth-order valence-electron chi connectivity index (χ4n) is 2.14. The van der Waals surface area contributed by atoms with Crippen molar-refractivity contribution in [3.8, 4) is 17.2 Å². The number of carbonyl (C=O) groups is 1. The van der Waals surface area contributed by atoms with Crippen LogP contribution in [0.1, 0.15) is 11.3 Å². The normalized spacial score (nSPS) is 10.1. The maximum atomic E-state index is 12.0. The van der Waals surface area contributed by atoms with Gasteiger partial charge in [-0.25, -0.2) is 0 Å². The van der Waals surface area contributed by atoms with Crippen LogP contribution in [0, 0.1) is 0 Å². The molecular weight excluding hydrogens is 286 g/mol. The summed E-state index contributed by atoms with van der Waals surface area (Å²) in [7, 11) is 4.61. The Morgan fingerprint density at radius 3 is 2.45 bits per heavy atom. The number of rotatable bonds is 7. The third kappa shape index (κ3) is 3.52. The fourth-order valence-corrected chi connectivity index (χ4v) is 2.14. The molecule has 0 bridgehead atoms. The predicted molar refractivity (Wildman–Crippen MR) is 80.4 cm³/mol. The van der Waals surface area contributed by atoms with Gasteiger partial charge in [-0.2, -0.15) is 0 Å². The molecule has 0 aliphatic rings. The standard InChI is InChI=1S/C16H19NO5/c1-19-13-7-6-11(15(20-2)16(13)21-3)9-14(18)17-10-12-5-4-8-22-12/h4-8H,9-10H2,1-3H3,(H,17,18). The molecule has 6 nitrogen and oxygen atoms in total. The van der Waals surface area contributed by atoms with E-state index in [4.69, 9.17) is 18.6 Å². The molecule has 1 N–H and O–H groups in total. The van der Waals surface area contributed by atoms with E-state index in [0.29, 0.717) is 29.6 Å². The second-order valence-electron chi connectivity index (χ2n) is 4.53. The number of ether oxygens (including phenoxy) is 3. The summed E-state index contributed by atoms with van der Waals surface area (Å²) < 4.78 is 21.0. The van der Waals surface area contributed by atoms with Crippen LogP contribution in [0.25, 0.3) is 0 Å². The van der Waals surface area contributed by atoms with Gasteiger partial charge in [-0.3, -0.25) is 4.79 Å². The molecule has 1 aromatic heterocycles. The molecule has 2 aromatic rings. The number of methoxy groups -OCH3 is 3. The van der Waals surface area contributed by atoms with Gasteiger partial charge < -0.3 is 23.9 Å². The number of hydrogen-bond donors (Lipinski definition) is 1. The van der Waals surface area contributed by atoms with Gasteiger partial charge in [0.1, 0.15) is 5.76 Å². The highest BCUT2D eigenvalue weighted by Gasteiger charge is 2.17. The largest absolute Gasteiger partial charge is 0.493 e. The number of furan rings is 1. The van der Waals surface area contributed by atoms with Crippen LogP contribution in [-0.4, -0.2) is 27.2 Å². The van der Waals surface area contributed by atoms with Crippen molar-refractivity contribution in [3.63, 3.8) is 0 Å². The van der Waals surface area contributed by atoms with Crippen molar-refractivity contribution in [2.45, 2.75) is 13.0 Å². The van der Waals surface area contributed by atoms with Crippen molar-refractivity contribution in [2.24, 2.45) is 0 Å². The third-order valence-electron chi connectivity index (χ3n) is 3.18. The molecule has 6 heteroatoms. The second-order valence-corrected chi connectivity index (χ2v) is 4.53. The van der Waals surface area contributed by atoms with Crippen molar-refractivity contribution in [1.82, 2.24) is 5.32 Å². The monoisotopic (exact) mass is 305 g/mol. The lowest BCUT2D eigenvalue weighted by Crippen LogP contribution is -2.24. The number of benzene rings is 1. The van der Waals surface area contributed by atoms with E-state index in [9.17, 15) is 4.79 Å². The summed E-state index contributed by atoms with van der Waals surface area (Å²) in [4.78, 5) is 12.0. The lowest BCUT2D eigenvalue weighted by molar-refractivity contribution is -0.120. The molecule has 0 fully saturated rings. The highest BCUT2D eigenvalue weighted by Crippen LogP contribution is 2.39. The predicted octanol–water partition coefficient (Wildman–Crippen LogP) is 2.16. The van der Waals surface area contributed by atoms with Crippen molar-refractivity contribution >= 4 is 5.91 Å². The second kappa shape index (κ2) is 7.40. The molecular formula is C16H19NO5. The molecule has 0 aliphatic carbocycles. The summed E-state index contributed by atoms with van der Waals surface area (Å²) >= 11 is 0. The fraction of sp³-hybridized carbons (Fsp3) is 0.312. The van der Waals surface area contributed by atoms with Crippen molar-refractivity contribution in [2.75, 3.05) is 21.3 Å². The smallest absolute Gasteiger partial charge is 0.224 e. The molecule has 2 rings (SSSR count). The van der Waals surface area contributed by atoms with Crippen LogP contribution in [0.4, 0.5) is 0 Å². The molecule has 1 amide bonds. The molecule has 1 heterocycles. The Balaban J connectivity index is 2.09. The van der Waals surface area contributed by atoms with Crippen molar-refractivity contribution in [1.29, 1.82) is 0 Å². The molecule has 0 radical (unpaired) electrons. The first-order valence-corrected chi connectivity index (χ1v) is 6.76. The summed E-state index contributed by atoms with van der Waals surface area (Å²) in [5.74, 6) is 2.09. The van der Waals surface area contributed by atoms with Gasteiger partial charge in [-0.1, -0.05) is 6.07 Å². The summed E-state index contributed by atoms with van der Waals surface area (Å²) in [6.07, 6.45) is 1.74. The Hall–Kier alpha value is -2.63. The molecule has 0 unspecified atom stereocenters. The van der Waals surface area contributed by atoms with Crippen LogP contribution in [-0.2, 0) is 17.8 Å². The van der Waals surface area contributed by atoms with E-state index in [1.165, 1.54) is 14.2 Å². The summed E-state index contributed by atoms with van der Waals surface area (Å²) in [5, 5.41) is 2.79. The SMILES string of the molecule is COc1ccc(CC(=O)NCc2ccco2)c(OC)c1OC. The minimum Gasteiger partial charge on any atom is -0.493 e. The first-order chi connectivity index (χ1) is 10.7. The molecule has 0 atom stereocenters. The molecule has 0 saturated heterocycles. The molecule has 118 valence electrons. The molecule has 0 aliphatic heterocycles. The maximum Gasteiger partial charge on any atom is 0.224 e. The average molecular weight is 305 g/mol. The van der Waals surface area contributed by atoms with E-state index in [-0.39, 0.29) is 12.3 Å². The summed E-state index contributed by atoms with van der Waals surface area (Å²) in [6, 6.07) is 7.11. The van der Waals surface area contributed by atoms with E-state index >= 15 is 0 Å². The Bertz CT molecular complexity index is 622.